The minimum atomic E-state index is -0.159. The average molecular weight is 337 g/mol. The maximum absolute atomic E-state index is 12.8. The highest BCUT2D eigenvalue weighted by Crippen LogP contribution is 2.28. The van der Waals surface area contributed by atoms with Gasteiger partial charge in [0.05, 0.1) is 6.04 Å². The number of amides is 1. The number of rotatable bonds is 5. The third-order valence-corrected chi connectivity index (χ3v) is 5.16. The lowest BCUT2D eigenvalue weighted by Crippen LogP contribution is -2.45. The smallest absolute Gasteiger partial charge is 0.239 e. The lowest BCUT2D eigenvalue weighted by Gasteiger charge is -2.28. The van der Waals surface area contributed by atoms with Crippen LogP contribution in [0.2, 0.25) is 0 Å². The van der Waals surface area contributed by atoms with E-state index in [4.69, 9.17) is 5.73 Å². The van der Waals surface area contributed by atoms with Crippen LogP contribution in [0.25, 0.3) is 0 Å². The van der Waals surface area contributed by atoms with Gasteiger partial charge in [-0.1, -0.05) is 60.7 Å². The van der Waals surface area contributed by atoms with Gasteiger partial charge in [0.25, 0.3) is 0 Å². The lowest BCUT2D eigenvalue weighted by atomic mass is 9.95. The molecular formula is C21H27N3O. The molecule has 0 bridgehead atoms. The SMILES string of the molecule is CC(C(=O)N(C)Cc1ccccc1)N1C[C@@H](N)[C@H](c2ccccc2)C1. The normalized spacial score (nSPS) is 21.9. The summed E-state index contributed by atoms with van der Waals surface area (Å²) in [6, 6.07) is 20.4. The molecule has 1 heterocycles. The van der Waals surface area contributed by atoms with E-state index in [0.717, 1.165) is 18.7 Å². The molecule has 0 saturated carbocycles. The Bertz CT molecular complexity index is 689. The monoisotopic (exact) mass is 337 g/mol. The van der Waals surface area contributed by atoms with Gasteiger partial charge in [0, 0.05) is 38.6 Å². The predicted octanol–water partition coefficient (Wildman–Crippen LogP) is 2.46. The van der Waals surface area contributed by atoms with Gasteiger partial charge in [-0.3, -0.25) is 9.69 Å². The first-order valence-corrected chi connectivity index (χ1v) is 8.89. The second kappa shape index (κ2) is 7.81. The highest BCUT2D eigenvalue weighted by atomic mass is 16.2. The van der Waals surface area contributed by atoms with Crippen LogP contribution in [-0.4, -0.2) is 47.9 Å². The number of nitrogens with zero attached hydrogens (tertiary/aromatic N) is 2. The minimum absolute atomic E-state index is 0.0667. The molecule has 132 valence electrons. The topological polar surface area (TPSA) is 49.6 Å². The molecule has 0 aromatic heterocycles. The van der Waals surface area contributed by atoms with Gasteiger partial charge in [-0.15, -0.1) is 0 Å². The van der Waals surface area contributed by atoms with Crippen LogP contribution in [0.5, 0.6) is 0 Å². The number of nitrogens with two attached hydrogens (primary N) is 1. The van der Waals surface area contributed by atoms with Crippen LogP contribution >= 0.6 is 0 Å². The summed E-state index contributed by atoms with van der Waals surface area (Å²) in [7, 11) is 1.87. The molecule has 1 fully saturated rings. The molecular weight excluding hydrogens is 310 g/mol. The minimum Gasteiger partial charge on any atom is -0.340 e. The number of benzene rings is 2. The molecule has 2 aromatic carbocycles. The van der Waals surface area contributed by atoms with Gasteiger partial charge in [0.15, 0.2) is 0 Å². The van der Waals surface area contributed by atoms with Crippen LogP contribution in [0, 0.1) is 0 Å². The second-order valence-electron chi connectivity index (χ2n) is 6.99. The molecule has 1 aliphatic rings. The van der Waals surface area contributed by atoms with Gasteiger partial charge >= 0.3 is 0 Å². The number of likely N-dealkylation sites (tertiary alicyclic amines) is 1. The van der Waals surface area contributed by atoms with Crippen LogP contribution in [0.3, 0.4) is 0 Å². The molecule has 1 amide bonds. The Kier molecular flexibility index (Phi) is 5.51. The van der Waals surface area contributed by atoms with E-state index in [-0.39, 0.29) is 23.9 Å². The molecule has 4 nitrogen and oxygen atoms in total. The first-order valence-electron chi connectivity index (χ1n) is 8.89. The molecule has 2 N–H and O–H groups in total. The summed E-state index contributed by atoms with van der Waals surface area (Å²) >= 11 is 0. The maximum Gasteiger partial charge on any atom is 0.239 e. The fourth-order valence-corrected chi connectivity index (χ4v) is 3.64. The Morgan fingerprint density at radius 2 is 1.72 bits per heavy atom. The van der Waals surface area contributed by atoms with Crippen LogP contribution in [0.1, 0.15) is 24.0 Å². The molecule has 1 aliphatic heterocycles. The summed E-state index contributed by atoms with van der Waals surface area (Å²) < 4.78 is 0. The first-order chi connectivity index (χ1) is 12.1. The van der Waals surface area contributed by atoms with Crippen molar-refractivity contribution in [2.45, 2.75) is 31.5 Å². The average Bonchev–Trinajstić information content (AvgIpc) is 3.03. The Balaban J connectivity index is 1.62. The Labute approximate surface area is 150 Å². The van der Waals surface area contributed by atoms with E-state index < -0.39 is 0 Å². The number of hydrogen-bond donors (Lipinski definition) is 1. The molecule has 4 heteroatoms. The Hall–Kier alpha value is -2.17. The Morgan fingerprint density at radius 1 is 1.12 bits per heavy atom. The summed E-state index contributed by atoms with van der Waals surface area (Å²) in [6.45, 7) is 4.21. The molecule has 0 spiro atoms. The number of carbonyl (C=O) groups is 1. The second-order valence-corrected chi connectivity index (χ2v) is 6.99. The van der Waals surface area contributed by atoms with Gasteiger partial charge in [-0.05, 0) is 18.1 Å². The summed E-state index contributed by atoms with van der Waals surface area (Å²) in [4.78, 5) is 16.8. The van der Waals surface area contributed by atoms with E-state index in [2.05, 4.69) is 17.0 Å². The van der Waals surface area contributed by atoms with Crippen molar-refractivity contribution in [3.05, 3.63) is 71.8 Å². The zero-order valence-corrected chi connectivity index (χ0v) is 15.0. The van der Waals surface area contributed by atoms with Crippen molar-refractivity contribution in [2.75, 3.05) is 20.1 Å². The number of carbonyl (C=O) groups excluding carboxylic acids is 1. The molecule has 0 radical (unpaired) electrons. The largest absolute Gasteiger partial charge is 0.340 e. The predicted molar refractivity (Wildman–Crippen MR) is 101 cm³/mol. The first kappa shape index (κ1) is 17.6. The molecule has 1 unspecified atom stereocenters. The van der Waals surface area contributed by atoms with Crippen molar-refractivity contribution in [1.29, 1.82) is 0 Å². The summed E-state index contributed by atoms with van der Waals surface area (Å²) in [6.07, 6.45) is 0. The maximum atomic E-state index is 12.8. The molecule has 2 aromatic rings. The van der Waals surface area contributed by atoms with Gasteiger partial charge < -0.3 is 10.6 Å². The summed E-state index contributed by atoms with van der Waals surface area (Å²) in [5, 5.41) is 0. The number of likely N-dealkylation sites (N-methyl/N-ethyl adjacent to an activating group) is 1. The summed E-state index contributed by atoms with van der Waals surface area (Å²) in [5.74, 6) is 0.431. The van der Waals surface area contributed by atoms with Crippen molar-refractivity contribution < 1.29 is 4.79 Å². The third-order valence-electron chi connectivity index (χ3n) is 5.16. The van der Waals surface area contributed by atoms with E-state index in [1.807, 2.05) is 62.5 Å². The zero-order chi connectivity index (χ0) is 17.8. The van der Waals surface area contributed by atoms with Crippen LogP contribution in [0.15, 0.2) is 60.7 Å². The van der Waals surface area contributed by atoms with Crippen LogP contribution in [-0.2, 0) is 11.3 Å². The van der Waals surface area contributed by atoms with Crippen molar-refractivity contribution in [1.82, 2.24) is 9.80 Å². The van der Waals surface area contributed by atoms with Crippen molar-refractivity contribution in [2.24, 2.45) is 5.73 Å². The quantitative estimate of drug-likeness (QED) is 0.912. The van der Waals surface area contributed by atoms with Crippen LogP contribution < -0.4 is 5.73 Å². The molecule has 25 heavy (non-hydrogen) atoms. The van der Waals surface area contributed by atoms with E-state index >= 15 is 0 Å². The van der Waals surface area contributed by atoms with Gasteiger partial charge in [0.1, 0.15) is 0 Å². The molecule has 3 rings (SSSR count). The van der Waals surface area contributed by atoms with Gasteiger partial charge in [0.2, 0.25) is 5.91 Å². The lowest BCUT2D eigenvalue weighted by molar-refractivity contribution is -0.135. The third kappa shape index (κ3) is 4.09. The fourth-order valence-electron chi connectivity index (χ4n) is 3.64. The summed E-state index contributed by atoms with van der Waals surface area (Å²) in [5.41, 5.74) is 8.78. The van der Waals surface area contributed by atoms with E-state index in [9.17, 15) is 4.79 Å². The van der Waals surface area contributed by atoms with Crippen molar-refractivity contribution in [3.63, 3.8) is 0 Å². The molecule has 1 saturated heterocycles. The number of hydrogen-bond acceptors (Lipinski definition) is 3. The van der Waals surface area contributed by atoms with Crippen molar-refractivity contribution in [3.8, 4) is 0 Å². The van der Waals surface area contributed by atoms with Crippen molar-refractivity contribution >= 4 is 5.91 Å². The van der Waals surface area contributed by atoms with Crippen LogP contribution in [0.4, 0.5) is 0 Å². The standard InChI is InChI=1S/C21H27N3O/c1-16(21(25)23(2)13-17-9-5-3-6-10-17)24-14-19(20(22)15-24)18-11-7-4-8-12-18/h3-12,16,19-20H,13-15,22H2,1-2H3/t16?,19-,20+/m0/s1. The fraction of sp³-hybridized carbons (Fsp3) is 0.381. The van der Waals surface area contributed by atoms with Gasteiger partial charge in [-0.25, -0.2) is 0 Å². The highest BCUT2D eigenvalue weighted by Gasteiger charge is 2.36. The van der Waals surface area contributed by atoms with Gasteiger partial charge in [-0.2, -0.15) is 0 Å². The van der Waals surface area contributed by atoms with E-state index in [1.54, 1.807) is 4.90 Å². The van der Waals surface area contributed by atoms with E-state index in [1.165, 1.54) is 5.56 Å². The molecule has 0 aliphatic carbocycles. The molecule has 3 atom stereocenters. The Morgan fingerprint density at radius 3 is 2.36 bits per heavy atom. The highest BCUT2D eigenvalue weighted by molar-refractivity contribution is 5.81. The van der Waals surface area contributed by atoms with E-state index in [0.29, 0.717) is 6.54 Å². The zero-order valence-electron chi connectivity index (χ0n) is 15.0.